The Morgan fingerprint density at radius 2 is 1.36 bits per heavy atom. The fourth-order valence-electron chi connectivity index (χ4n) is 4.59. The molecule has 1 aliphatic rings. The summed E-state index contributed by atoms with van der Waals surface area (Å²) >= 11 is 0. The van der Waals surface area contributed by atoms with Crippen LogP contribution in [-0.2, 0) is 27.2 Å². The number of carbonyl (C=O) groups excluding carboxylic acids is 3. The van der Waals surface area contributed by atoms with E-state index < -0.39 is 23.1 Å². The van der Waals surface area contributed by atoms with Gasteiger partial charge >= 0.3 is 0 Å². The molecule has 4 heteroatoms. The molecule has 0 radical (unpaired) electrons. The molecule has 1 heterocycles. The van der Waals surface area contributed by atoms with Gasteiger partial charge in [0.25, 0.3) is 5.91 Å². The first-order chi connectivity index (χ1) is 15.8. The minimum atomic E-state index is -0.748. The van der Waals surface area contributed by atoms with Crippen molar-refractivity contribution in [1.82, 2.24) is 4.90 Å². The Kier molecular flexibility index (Phi) is 8.60. The summed E-state index contributed by atoms with van der Waals surface area (Å²) in [5, 5.41) is 0. The summed E-state index contributed by atoms with van der Waals surface area (Å²) < 4.78 is 0. The molecule has 0 spiro atoms. The van der Waals surface area contributed by atoms with Gasteiger partial charge in [-0.15, -0.1) is 0 Å². The normalized spacial score (nSPS) is 16.6. The predicted molar refractivity (Wildman–Crippen MR) is 132 cm³/mol. The van der Waals surface area contributed by atoms with Crippen LogP contribution >= 0.6 is 0 Å². The number of hydrogen-bond acceptors (Lipinski definition) is 3. The third-order valence-electron chi connectivity index (χ3n) is 6.62. The van der Waals surface area contributed by atoms with E-state index in [0.29, 0.717) is 13.0 Å². The van der Waals surface area contributed by atoms with Crippen LogP contribution in [0.3, 0.4) is 0 Å². The van der Waals surface area contributed by atoms with Crippen molar-refractivity contribution in [3.8, 4) is 0 Å². The number of Topliss-reactive ketones (excluding diaryl/α,β-unsaturated/α-hetero) is 2. The third kappa shape index (κ3) is 6.86. The highest BCUT2D eigenvalue weighted by Gasteiger charge is 2.40. The minimum Gasteiger partial charge on any atom is -0.326 e. The van der Waals surface area contributed by atoms with Crippen LogP contribution in [0.1, 0.15) is 64.0 Å². The Balaban J connectivity index is 1.77. The largest absolute Gasteiger partial charge is 0.326 e. The predicted octanol–water partition coefficient (Wildman–Crippen LogP) is 5.43. The van der Waals surface area contributed by atoms with Gasteiger partial charge in [-0.05, 0) is 56.1 Å². The summed E-state index contributed by atoms with van der Waals surface area (Å²) in [6.07, 6.45) is 5.55. The van der Waals surface area contributed by atoms with Gasteiger partial charge in [0.15, 0.2) is 5.78 Å². The zero-order valence-electron chi connectivity index (χ0n) is 20.3. The number of nitrogens with zero attached hydrogens (tertiary/aromatic N) is 1. The smallest absolute Gasteiger partial charge is 0.291 e. The minimum absolute atomic E-state index is 0.122. The molecular formula is C29H37NO3. The van der Waals surface area contributed by atoms with Crippen LogP contribution < -0.4 is 0 Å². The first-order valence-electron chi connectivity index (χ1n) is 12.2. The first-order valence-corrected chi connectivity index (χ1v) is 12.2. The van der Waals surface area contributed by atoms with Gasteiger partial charge < -0.3 is 4.90 Å². The zero-order chi connectivity index (χ0) is 23.8. The van der Waals surface area contributed by atoms with Crippen LogP contribution in [0.5, 0.6) is 0 Å². The molecule has 0 aliphatic carbocycles. The van der Waals surface area contributed by atoms with Gasteiger partial charge in [-0.3, -0.25) is 14.4 Å². The second kappa shape index (κ2) is 11.4. The summed E-state index contributed by atoms with van der Waals surface area (Å²) in [4.78, 5) is 41.2. The highest BCUT2D eigenvalue weighted by atomic mass is 16.2. The van der Waals surface area contributed by atoms with E-state index in [2.05, 4.69) is 24.3 Å². The maximum Gasteiger partial charge on any atom is 0.291 e. The SMILES string of the molecule is CC(C)(C)C(=O)C(=O)N1CCCCC1C(=O)C(CCc1ccccc1)CCc1ccccc1. The first kappa shape index (κ1) is 24.9. The number of aryl methyl sites for hydroxylation is 2. The van der Waals surface area contributed by atoms with E-state index in [1.165, 1.54) is 11.1 Å². The molecule has 1 fully saturated rings. The molecule has 3 rings (SSSR count). The lowest BCUT2D eigenvalue weighted by Crippen LogP contribution is -2.53. The molecule has 0 N–H and O–H groups in total. The number of hydrogen-bond donors (Lipinski definition) is 0. The second-order valence-electron chi connectivity index (χ2n) is 10.2. The summed E-state index contributed by atoms with van der Waals surface area (Å²) in [6, 6.07) is 20.0. The third-order valence-corrected chi connectivity index (χ3v) is 6.62. The van der Waals surface area contributed by atoms with Gasteiger partial charge in [-0.1, -0.05) is 81.4 Å². The highest BCUT2D eigenvalue weighted by molar-refractivity contribution is 6.38. The molecule has 1 amide bonds. The number of rotatable bonds is 9. The van der Waals surface area contributed by atoms with Gasteiger partial charge in [-0.2, -0.15) is 0 Å². The Hall–Kier alpha value is -2.75. The van der Waals surface area contributed by atoms with Crippen molar-refractivity contribution < 1.29 is 14.4 Å². The van der Waals surface area contributed by atoms with Crippen molar-refractivity contribution in [2.45, 2.75) is 71.8 Å². The Morgan fingerprint density at radius 1 is 0.848 bits per heavy atom. The lowest BCUT2D eigenvalue weighted by molar-refractivity contribution is -0.153. The molecule has 0 aromatic heterocycles. The van der Waals surface area contributed by atoms with Crippen molar-refractivity contribution >= 4 is 17.5 Å². The number of carbonyl (C=O) groups is 3. The van der Waals surface area contributed by atoms with Gasteiger partial charge in [0.1, 0.15) is 0 Å². The van der Waals surface area contributed by atoms with Gasteiger partial charge in [0.2, 0.25) is 5.78 Å². The highest BCUT2D eigenvalue weighted by Crippen LogP contribution is 2.27. The summed E-state index contributed by atoms with van der Waals surface area (Å²) in [7, 11) is 0. The molecule has 0 bridgehead atoms. The molecular weight excluding hydrogens is 410 g/mol. The van der Waals surface area contributed by atoms with Gasteiger partial charge in [0.05, 0.1) is 6.04 Å². The second-order valence-corrected chi connectivity index (χ2v) is 10.2. The maximum atomic E-state index is 13.8. The fraction of sp³-hybridized carbons (Fsp3) is 0.483. The zero-order valence-corrected chi connectivity index (χ0v) is 20.3. The molecule has 1 unspecified atom stereocenters. The Morgan fingerprint density at radius 3 is 1.85 bits per heavy atom. The Labute approximate surface area is 198 Å². The quantitative estimate of drug-likeness (QED) is 0.482. The van der Waals surface area contributed by atoms with Crippen LogP contribution in [0.15, 0.2) is 60.7 Å². The standard InChI is InChI=1S/C29H37NO3/c1-29(2,3)27(32)28(33)30-21-11-10-16-25(30)26(31)24(19-17-22-12-6-4-7-13-22)20-18-23-14-8-5-9-15-23/h4-9,12-15,24-25H,10-11,16-21H2,1-3H3. The monoisotopic (exact) mass is 447 g/mol. The van der Waals surface area contributed by atoms with E-state index >= 15 is 0 Å². The van der Waals surface area contributed by atoms with E-state index in [-0.39, 0.29) is 11.7 Å². The van der Waals surface area contributed by atoms with Crippen molar-refractivity contribution in [3.05, 3.63) is 71.8 Å². The van der Waals surface area contributed by atoms with Crippen LogP contribution in [-0.4, -0.2) is 35.0 Å². The number of amides is 1. The molecule has 1 atom stereocenters. The topological polar surface area (TPSA) is 54.5 Å². The molecule has 2 aromatic rings. The molecule has 2 aromatic carbocycles. The molecule has 0 saturated carbocycles. The Bertz CT molecular complexity index is 887. The van der Waals surface area contributed by atoms with Gasteiger partial charge in [-0.25, -0.2) is 0 Å². The van der Waals surface area contributed by atoms with E-state index in [9.17, 15) is 14.4 Å². The van der Waals surface area contributed by atoms with Gasteiger partial charge in [0, 0.05) is 17.9 Å². The van der Waals surface area contributed by atoms with Crippen molar-refractivity contribution in [2.24, 2.45) is 11.3 Å². The van der Waals surface area contributed by atoms with E-state index in [0.717, 1.165) is 38.5 Å². The lowest BCUT2D eigenvalue weighted by Gasteiger charge is -2.37. The average Bonchev–Trinajstić information content (AvgIpc) is 2.83. The van der Waals surface area contributed by atoms with E-state index in [4.69, 9.17) is 0 Å². The van der Waals surface area contributed by atoms with Crippen LogP contribution in [0.2, 0.25) is 0 Å². The van der Waals surface area contributed by atoms with E-state index in [1.807, 2.05) is 36.4 Å². The lowest BCUT2D eigenvalue weighted by atomic mass is 9.83. The average molecular weight is 448 g/mol. The molecule has 4 nitrogen and oxygen atoms in total. The van der Waals surface area contributed by atoms with Crippen molar-refractivity contribution in [3.63, 3.8) is 0 Å². The molecule has 1 aliphatic heterocycles. The van der Waals surface area contributed by atoms with Crippen molar-refractivity contribution in [2.75, 3.05) is 6.54 Å². The molecule has 1 saturated heterocycles. The van der Waals surface area contributed by atoms with E-state index in [1.54, 1.807) is 25.7 Å². The van der Waals surface area contributed by atoms with Crippen LogP contribution in [0.4, 0.5) is 0 Å². The number of piperidine rings is 1. The number of ketones is 2. The van der Waals surface area contributed by atoms with Crippen LogP contribution in [0, 0.1) is 11.3 Å². The maximum absolute atomic E-state index is 13.8. The van der Waals surface area contributed by atoms with Crippen LogP contribution in [0.25, 0.3) is 0 Å². The fourth-order valence-corrected chi connectivity index (χ4v) is 4.59. The number of benzene rings is 2. The summed E-state index contributed by atoms with van der Waals surface area (Å²) in [5.74, 6) is -0.928. The summed E-state index contributed by atoms with van der Waals surface area (Å²) in [6.45, 7) is 5.77. The van der Waals surface area contributed by atoms with Crippen molar-refractivity contribution in [1.29, 1.82) is 0 Å². The number of likely N-dealkylation sites (tertiary alicyclic amines) is 1. The summed E-state index contributed by atoms with van der Waals surface area (Å²) in [5.41, 5.74) is 1.69. The molecule has 33 heavy (non-hydrogen) atoms. The molecule has 176 valence electrons.